The fourth-order valence-corrected chi connectivity index (χ4v) is 4.27. The van der Waals surface area contributed by atoms with Gasteiger partial charge in [-0.1, -0.05) is 0 Å². The maximum atomic E-state index is 13.6. The Hall–Kier alpha value is -2.44. The number of β-amino-alcohol motifs (C(OH)–C–C–N with tert-alkyl or cyclic N) is 1. The molecule has 0 aliphatic carbocycles. The molecule has 31 heavy (non-hydrogen) atoms. The van der Waals surface area contributed by atoms with Crippen LogP contribution in [0.1, 0.15) is 30.9 Å². The standard InChI is InChI=1S/C19H24F3N5O3S/c1-12-9-13(31(29,30)23-3)5-6-15(12)25-17-24-10-14(19(20,21)22)16(26-17)27-8-4-7-18(2,28)11-27/h5-6,9-10,23,28H,4,7-8,11H2,1-3H3,(H,24,25,26)/t18-/m1/s1. The Balaban J connectivity index is 1.96. The molecule has 1 atom stereocenters. The third kappa shape index (κ3) is 5.25. The predicted molar refractivity (Wildman–Crippen MR) is 110 cm³/mol. The first-order valence-corrected chi connectivity index (χ1v) is 11.0. The predicted octanol–water partition coefficient (Wildman–Crippen LogP) is 2.81. The number of rotatable bonds is 5. The van der Waals surface area contributed by atoms with Gasteiger partial charge in [-0.15, -0.1) is 0 Å². The van der Waals surface area contributed by atoms with Gasteiger partial charge in [0.05, 0.1) is 10.5 Å². The molecular weight excluding hydrogens is 435 g/mol. The highest BCUT2D eigenvalue weighted by atomic mass is 32.2. The molecule has 2 aromatic rings. The number of nitrogens with one attached hydrogen (secondary N) is 2. The second kappa shape index (κ2) is 8.24. The molecule has 170 valence electrons. The summed E-state index contributed by atoms with van der Waals surface area (Å²) >= 11 is 0. The zero-order valence-electron chi connectivity index (χ0n) is 17.3. The molecule has 1 aromatic heterocycles. The largest absolute Gasteiger partial charge is 0.421 e. The monoisotopic (exact) mass is 459 g/mol. The highest BCUT2D eigenvalue weighted by Gasteiger charge is 2.39. The van der Waals surface area contributed by atoms with Crippen LogP contribution in [0.5, 0.6) is 0 Å². The van der Waals surface area contributed by atoms with Crippen LogP contribution in [0.15, 0.2) is 29.3 Å². The minimum absolute atomic E-state index is 0.0160. The first-order chi connectivity index (χ1) is 14.3. The molecule has 0 amide bonds. The smallest absolute Gasteiger partial charge is 0.388 e. The fourth-order valence-electron chi connectivity index (χ4n) is 3.46. The first kappa shape index (κ1) is 23.2. The highest BCUT2D eigenvalue weighted by molar-refractivity contribution is 7.89. The lowest BCUT2D eigenvalue weighted by Crippen LogP contribution is -2.47. The molecule has 1 saturated heterocycles. The quantitative estimate of drug-likeness (QED) is 0.631. The number of sulfonamides is 1. The number of hydrogen-bond acceptors (Lipinski definition) is 7. The summed E-state index contributed by atoms with van der Waals surface area (Å²) in [7, 11) is -2.33. The van der Waals surface area contributed by atoms with Gasteiger partial charge in [0, 0.05) is 25.0 Å². The fraction of sp³-hybridized carbons (Fsp3) is 0.474. The summed E-state index contributed by atoms with van der Waals surface area (Å²) in [5, 5.41) is 13.2. The second-order valence-corrected chi connectivity index (χ2v) is 9.65. The number of anilines is 3. The van der Waals surface area contributed by atoms with Crippen molar-refractivity contribution in [2.75, 3.05) is 30.4 Å². The van der Waals surface area contributed by atoms with Crippen molar-refractivity contribution in [1.29, 1.82) is 0 Å². The minimum atomic E-state index is -4.66. The lowest BCUT2D eigenvalue weighted by molar-refractivity contribution is -0.137. The van der Waals surface area contributed by atoms with Crippen molar-refractivity contribution < 1.29 is 26.7 Å². The summed E-state index contributed by atoms with van der Waals surface area (Å²) in [6.45, 7) is 3.58. The van der Waals surface area contributed by atoms with E-state index in [4.69, 9.17) is 0 Å². The molecule has 1 aromatic carbocycles. The van der Waals surface area contributed by atoms with Gasteiger partial charge in [0.15, 0.2) is 0 Å². The van der Waals surface area contributed by atoms with Crippen molar-refractivity contribution >= 4 is 27.5 Å². The average molecular weight is 459 g/mol. The van der Waals surface area contributed by atoms with E-state index in [1.165, 1.54) is 30.1 Å². The van der Waals surface area contributed by atoms with E-state index in [0.717, 1.165) is 0 Å². The maximum Gasteiger partial charge on any atom is 0.421 e. The Morgan fingerprint density at radius 1 is 1.29 bits per heavy atom. The van der Waals surface area contributed by atoms with Gasteiger partial charge >= 0.3 is 6.18 Å². The molecule has 8 nitrogen and oxygen atoms in total. The van der Waals surface area contributed by atoms with Crippen LogP contribution in [0, 0.1) is 6.92 Å². The molecule has 0 saturated carbocycles. The first-order valence-electron chi connectivity index (χ1n) is 9.55. The Morgan fingerprint density at radius 3 is 2.58 bits per heavy atom. The summed E-state index contributed by atoms with van der Waals surface area (Å²) in [5.74, 6) is -0.377. The summed E-state index contributed by atoms with van der Waals surface area (Å²) in [6.07, 6.45) is -2.93. The molecule has 2 heterocycles. The van der Waals surface area contributed by atoms with E-state index < -0.39 is 27.4 Å². The molecule has 0 spiro atoms. The normalized spacial score (nSPS) is 20.0. The van der Waals surface area contributed by atoms with Crippen LogP contribution in [-0.4, -0.2) is 49.2 Å². The van der Waals surface area contributed by atoms with Gasteiger partial charge < -0.3 is 15.3 Å². The summed E-state index contributed by atoms with van der Waals surface area (Å²) < 4.78 is 66.8. The number of hydrogen-bond donors (Lipinski definition) is 3. The molecular formula is C19H24F3N5O3S. The van der Waals surface area contributed by atoms with Gasteiger partial charge in [-0.2, -0.15) is 18.2 Å². The van der Waals surface area contributed by atoms with Crippen LogP contribution in [0.2, 0.25) is 0 Å². The number of piperidine rings is 1. The maximum absolute atomic E-state index is 13.6. The molecule has 0 radical (unpaired) electrons. The molecule has 12 heteroatoms. The van der Waals surface area contributed by atoms with E-state index in [0.29, 0.717) is 36.8 Å². The van der Waals surface area contributed by atoms with Gasteiger partial charge in [-0.3, -0.25) is 0 Å². The Labute approximate surface area is 178 Å². The van der Waals surface area contributed by atoms with Crippen LogP contribution in [0.3, 0.4) is 0 Å². The van der Waals surface area contributed by atoms with E-state index >= 15 is 0 Å². The van der Waals surface area contributed by atoms with Gasteiger partial charge in [0.2, 0.25) is 16.0 Å². The van der Waals surface area contributed by atoms with Gasteiger partial charge in [-0.05, 0) is 57.5 Å². The summed E-state index contributed by atoms with van der Waals surface area (Å²) in [6, 6.07) is 4.29. The lowest BCUT2D eigenvalue weighted by Gasteiger charge is -2.38. The molecule has 3 rings (SSSR count). The summed E-state index contributed by atoms with van der Waals surface area (Å²) in [4.78, 5) is 9.36. The Kier molecular flexibility index (Phi) is 6.18. The van der Waals surface area contributed by atoms with Crippen LogP contribution in [-0.2, 0) is 16.2 Å². The summed E-state index contributed by atoms with van der Waals surface area (Å²) in [5.41, 5.74) is -1.11. The van der Waals surface area contributed by atoms with Crippen molar-refractivity contribution in [2.24, 2.45) is 0 Å². The molecule has 0 unspecified atom stereocenters. The lowest BCUT2D eigenvalue weighted by atomic mass is 9.95. The molecule has 1 fully saturated rings. The molecule has 1 aliphatic rings. The van der Waals surface area contributed by atoms with E-state index in [-0.39, 0.29) is 23.2 Å². The van der Waals surface area contributed by atoms with Gasteiger partial charge in [0.1, 0.15) is 11.4 Å². The van der Waals surface area contributed by atoms with E-state index in [1.54, 1.807) is 13.8 Å². The minimum Gasteiger partial charge on any atom is -0.388 e. The van der Waals surface area contributed by atoms with Crippen molar-refractivity contribution in [2.45, 2.75) is 43.4 Å². The zero-order valence-corrected chi connectivity index (χ0v) is 18.1. The van der Waals surface area contributed by atoms with Crippen molar-refractivity contribution in [3.63, 3.8) is 0 Å². The van der Waals surface area contributed by atoms with E-state index in [1.807, 2.05) is 0 Å². The topological polar surface area (TPSA) is 107 Å². The molecule has 3 N–H and O–H groups in total. The van der Waals surface area contributed by atoms with Crippen molar-refractivity contribution in [1.82, 2.24) is 14.7 Å². The zero-order chi connectivity index (χ0) is 23.0. The Bertz CT molecular complexity index is 1070. The van der Waals surface area contributed by atoms with Gasteiger partial charge in [0.25, 0.3) is 0 Å². The van der Waals surface area contributed by atoms with Crippen molar-refractivity contribution in [3.8, 4) is 0 Å². The molecule has 0 bridgehead atoms. The third-order valence-corrected chi connectivity index (χ3v) is 6.48. The van der Waals surface area contributed by atoms with Crippen molar-refractivity contribution in [3.05, 3.63) is 35.5 Å². The highest BCUT2D eigenvalue weighted by Crippen LogP contribution is 2.37. The number of aromatic nitrogens is 2. The van der Waals surface area contributed by atoms with Crippen LogP contribution >= 0.6 is 0 Å². The number of aryl methyl sites for hydroxylation is 1. The molecule has 1 aliphatic heterocycles. The van der Waals surface area contributed by atoms with Crippen LogP contribution in [0.4, 0.5) is 30.6 Å². The number of nitrogens with zero attached hydrogens (tertiary/aromatic N) is 3. The SMILES string of the molecule is CNS(=O)(=O)c1ccc(Nc2ncc(C(F)(F)F)c(N3CCC[C@@](C)(O)C3)n2)c(C)c1. The van der Waals surface area contributed by atoms with E-state index in [2.05, 4.69) is 20.0 Å². The Morgan fingerprint density at radius 2 is 2.00 bits per heavy atom. The average Bonchev–Trinajstić information content (AvgIpc) is 2.67. The number of halogens is 3. The number of benzene rings is 1. The second-order valence-electron chi connectivity index (χ2n) is 7.76. The number of aliphatic hydroxyl groups is 1. The van der Waals surface area contributed by atoms with Crippen LogP contribution < -0.4 is 14.9 Å². The van der Waals surface area contributed by atoms with E-state index in [9.17, 15) is 26.7 Å². The van der Waals surface area contributed by atoms with Crippen LogP contribution in [0.25, 0.3) is 0 Å². The van der Waals surface area contributed by atoms with Gasteiger partial charge in [-0.25, -0.2) is 18.1 Å². The number of alkyl halides is 3. The third-order valence-electron chi connectivity index (χ3n) is 5.07.